The maximum atomic E-state index is 12.8. The molecule has 0 radical (unpaired) electrons. The largest absolute Gasteiger partial charge is 0.480 e. The molecule has 2 aliphatic rings. The Morgan fingerprint density at radius 3 is 2.45 bits per heavy atom. The summed E-state index contributed by atoms with van der Waals surface area (Å²) in [4.78, 5) is 22.7. The van der Waals surface area contributed by atoms with Crippen LogP contribution in [0.15, 0.2) is 6.33 Å². The van der Waals surface area contributed by atoms with Gasteiger partial charge in [-0.2, -0.15) is 0 Å². The van der Waals surface area contributed by atoms with E-state index >= 15 is 0 Å². The fraction of sp³-hybridized carbons (Fsp3) is 0.643. The number of amides is 1. The number of carbonyl (C=O) groups excluding carboxylic acids is 1. The van der Waals surface area contributed by atoms with Crippen molar-refractivity contribution in [1.29, 1.82) is 0 Å². The quantitative estimate of drug-likeness (QED) is 0.887. The fourth-order valence-corrected chi connectivity index (χ4v) is 3.13. The summed E-state index contributed by atoms with van der Waals surface area (Å²) in [7, 11) is 2.98. The van der Waals surface area contributed by atoms with Gasteiger partial charge in [-0.05, 0) is 19.3 Å². The number of nitrogens with zero attached hydrogens (tertiary/aromatic N) is 3. The Balaban J connectivity index is 0.00000176. The molecule has 0 aromatic carbocycles. The summed E-state index contributed by atoms with van der Waals surface area (Å²) in [6.45, 7) is 1.44. The van der Waals surface area contributed by atoms with Crippen molar-refractivity contribution >= 4 is 18.3 Å². The highest BCUT2D eigenvalue weighted by Crippen LogP contribution is 2.27. The first-order chi connectivity index (χ1) is 10.2. The Morgan fingerprint density at radius 1 is 1.18 bits per heavy atom. The predicted octanol–water partition coefficient (Wildman–Crippen LogP) is 0.882. The topological polar surface area (TPSA) is 76.6 Å². The number of methoxy groups -OCH3 is 2. The Morgan fingerprint density at radius 2 is 1.82 bits per heavy atom. The maximum Gasteiger partial charge on any atom is 0.264 e. The fourth-order valence-electron chi connectivity index (χ4n) is 3.13. The first-order valence-corrected chi connectivity index (χ1v) is 7.21. The molecule has 2 atom stereocenters. The molecule has 0 spiro atoms. The van der Waals surface area contributed by atoms with Crippen LogP contribution in [0, 0.1) is 0 Å². The van der Waals surface area contributed by atoms with E-state index in [1.165, 1.54) is 27.0 Å². The molecule has 3 rings (SSSR count). The molecule has 7 nitrogen and oxygen atoms in total. The SMILES string of the molecule is COc1ncnc(OC)c1C(=O)N1CCC2CCC(C1)N2.Cl. The number of aromatic nitrogens is 2. The molecule has 1 amide bonds. The van der Waals surface area contributed by atoms with Gasteiger partial charge in [0.2, 0.25) is 11.8 Å². The van der Waals surface area contributed by atoms with E-state index in [0.29, 0.717) is 24.2 Å². The molecule has 1 N–H and O–H groups in total. The van der Waals surface area contributed by atoms with Gasteiger partial charge in [0.15, 0.2) is 5.56 Å². The van der Waals surface area contributed by atoms with E-state index in [9.17, 15) is 4.79 Å². The second-order valence-corrected chi connectivity index (χ2v) is 5.44. The van der Waals surface area contributed by atoms with E-state index in [4.69, 9.17) is 9.47 Å². The highest BCUT2D eigenvalue weighted by molar-refractivity contribution is 5.98. The van der Waals surface area contributed by atoms with Crippen LogP contribution in [0.2, 0.25) is 0 Å². The predicted molar refractivity (Wildman–Crippen MR) is 82.9 cm³/mol. The lowest BCUT2D eigenvalue weighted by Gasteiger charge is -2.25. The standard InChI is InChI=1S/C14H20N4O3.ClH/c1-20-12-11(13(21-2)16-8-15-12)14(19)18-6-5-9-3-4-10(7-18)17-9;/h8-10,17H,3-7H2,1-2H3;1H. The van der Waals surface area contributed by atoms with Crippen LogP contribution < -0.4 is 14.8 Å². The molecule has 3 heterocycles. The molecule has 2 saturated heterocycles. The third kappa shape index (κ3) is 3.10. The van der Waals surface area contributed by atoms with Gasteiger partial charge in [0.25, 0.3) is 5.91 Å². The zero-order chi connectivity index (χ0) is 14.8. The summed E-state index contributed by atoms with van der Waals surface area (Å²) in [5.74, 6) is 0.391. The first-order valence-electron chi connectivity index (χ1n) is 7.21. The van der Waals surface area contributed by atoms with E-state index in [-0.39, 0.29) is 30.1 Å². The monoisotopic (exact) mass is 328 g/mol. The van der Waals surface area contributed by atoms with Crippen LogP contribution in [0.1, 0.15) is 29.6 Å². The van der Waals surface area contributed by atoms with Gasteiger partial charge in [-0.15, -0.1) is 12.4 Å². The Bertz CT molecular complexity index is 521. The van der Waals surface area contributed by atoms with Gasteiger partial charge < -0.3 is 19.7 Å². The molecule has 2 aliphatic heterocycles. The molecule has 122 valence electrons. The van der Waals surface area contributed by atoms with E-state index in [1.807, 2.05) is 4.90 Å². The average Bonchev–Trinajstić information content (AvgIpc) is 2.84. The number of ether oxygens (including phenoxy) is 2. The number of rotatable bonds is 3. The highest BCUT2D eigenvalue weighted by Gasteiger charge is 2.33. The van der Waals surface area contributed by atoms with Crippen LogP contribution >= 0.6 is 12.4 Å². The summed E-state index contributed by atoms with van der Waals surface area (Å²) >= 11 is 0. The maximum absolute atomic E-state index is 12.8. The van der Waals surface area contributed by atoms with Crippen LogP contribution in [0.5, 0.6) is 11.8 Å². The Kier molecular flexibility index (Phi) is 5.42. The van der Waals surface area contributed by atoms with Crippen molar-refractivity contribution in [3.05, 3.63) is 11.9 Å². The van der Waals surface area contributed by atoms with Crippen LogP contribution in [0.25, 0.3) is 0 Å². The van der Waals surface area contributed by atoms with E-state index in [2.05, 4.69) is 15.3 Å². The third-order valence-electron chi connectivity index (χ3n) is 4.19. The van der Waals surface area contributed by atoms with Gasteiger partial charge in [0.1, 0.15) is 6.33 Å². The van der Waals surface area contributed by atoms with Crippen molar-refractivity contribution in [3.63, 3.8) is 0 Å². The van der Waals surface area contributed by atoms with Crippen LogP contribution in [0.3, 0.4) is 0 Å². The normalized spacial score (nSPS) is 23.5. The summed E-state index contributed by atoms with van der Waals surface area (Å²) in [5, 5.41) is 3.56. The highest BCUT2D eigenvalue weighted by atomic mass is 35.5. The molecular weight excluding hydrogens is 308 g/mol. The lowest BCUT2D eigenvalue weighted by atomic mass is 10.1. The molecule has 2 fully saturated rings. The van der Waals surface area contributed by atoms with Gasteiger partial charge >= 0.3 is 0 Å². The van der Waals surface area contributed by atoms with E-state index < -0.39 is 0 Å². The molecule has 8 heteroatoms. The third-order valence-corrected chi connectivity index (χ3v) is 4.19. The van der Waals surface area contributed by atoms with E-state index in [0.717, 1.165) is 19.4 Å². The Hall–Kier alpha value is -1.60. The van der Waals surface area contributed by atoms with Gasteiger partial charge in [0.05, 0.1) is 14.2 Å². The zero-order valence-electron chi connectivity index (χ0n) is 12.7. The van der Waals surface area contributed by atoms with Crippen molar-refractivity contribution < 1.29 is 14.3 Å². The van der Waals surface area contributed by atoms with Crippen molar-refractivity contribution in [2.75, 3.05) is 27.3 Å². The van der Waals surface area contributed by atoms with Crippen LogP contribution in [0.4, 0.5) is 0 Å². The molecule has 0 aliphatic carbocycles. The van der Waals surface area contributed by atoms with Crippen molar-refractivity contribution in [1.82, 2.24) is 20.2 Å². The minimum Gasteiger partial charge on any atom is -0.480 e. The summed E-state index contributed by atoms with van der Waals surface area (Å²) in [5.41, 5.74) is 0.306. The van der Waals surface area contributed by atoms with E-state index in [1.54, 1.807) is 0 Å². The number of likely N-dealkylation sites (tertiary alicyclic amines) is 1. The lowest BCUT2D eigenvalue weighted by molar-refractivity contribution is 0.0739. The lowest BCUT2D eigenvalue weighted by Crippen LogP contribution is -2.39. The number of halogens is 1. The summed E-state index contributed by atoms with van der Waals surface area (Å²) in [6, 6.07) is 0.909. The van der Waals surface area contributed by atoms with Crippen molar-refractivity contribution in [3.8, 4) is 11.8 Å². The zero-order valence-corrected chi connectivity index (χ0v) is 13.6. The second-order valence-electron chi connectivity index (χ2n) is 5.44. The minimum absolute atomic E-state index is 0. The molecule has 1 aromatic heterocycles. The van der Waals surface area contributed by atoms with Crippen molar-refractivity contribution in [2.24, 2.45) is 0 Å². The molecule has 22 heavy (non-hydrogen) atoms. The number of hydrogen-bond acceptors (Lipinski definition) is 6. The van der Waals surface area contributed by atoms with Gasteiger partial charge in [-0.3, -0.25) is 4.79 Å². The smallest absolute Gasteiger partial charge is 0.264 e. The molecule has 0 saturated carbocycles. The summed E-state index contributed by atoms with van der Waals surface area (Å²) < 4.78 is 10.4. The van der Waals surface area contributed by atoms with Crippen LogP contribution in [-0.2, 0) is 0 Å². The average molecular weight is 329 g/mol. The number of hydrogen-bond donors (Lipinski definition) is 1. The van der Waals surface area contributed by atoms with Crippen LogP contribution in [-0.4, -0.2) is 60.2 Å². The van der Waals surface area contributed by atoms with Gasteiger partial charge in [-0.25, -0.2) is 9.97 Å². The molecule has 1 aromatic rings. The second kappa shape index (κ2) is 7.11. The number of nitrogens with one attached hydrogen (secondary N) is 1. The molecule has 2 unspecified atom stereocenters. The van der Waals surface area contributed by atoms with Gasteiger partial charge in [0, 0.05) is 25.2 Å². The van der Waals surface area contributed by atoms with Crippen molar-refractivity contribution in [2.45, 2.75) is 31.3 Å². The molecular formula is C14H21ClN4O3. The minimum atomic E-state index is -0.126. The van der Waals surface area contributed by atoms with Gasteiger partial charge in [-0.1, -0.05) is 0 Å². The number of carbonyl (C=O) groups is 1. The number of fused-ring (bicyclic) bond motifs is 2. The first kappa shape index (κ1) is 16.8. The summed E-state index contributed by atoms with van der Waals surface area (Å²) in [6.07, 6.45) is 4.63. The molecule has 2 bridgehead atoms. The Labute approximate surface area is 135 Å².